The van der Waals surface area contributed by atoms with Crippen LogP contribution in [-0.2, 0) is 4.79 Å². The van der Waals surface area contributed by atoms with Gasteiger partial charge in [0.2, 0.25) is 0 Å². The molecule has 0 aliphatic heterocycles. The highest BCUT2D eigenvalue weighted by atomic mass is 16.4. The maximum atomic E-state index is 12.5. The summed E-state index contributed by atoms with van der Waals surface area (Å²) in [4.78, 5) is 24.7. The van der Waals surface area contributed by atoms with Crippen LogP contribution in [0, 0.1) is 13.8 Å². The highest BCUT2D eigenvalue weighted by molar-refractivity contribution is 6.04. The van der Waals surface area contributed by atoms with Crippen molar-refractivity contribution >= 4 is 17.6 Å². The van der Waals surface area contributed by atoms with Gasteiger partial charge in [-0.2, -0.15) is 0 Å². The van der Waals surface area contributed by atoms with E-state index < -0.39 is 5.97 Å². The minimum Gasteiger partial charge on any atom is -0.481 e. The van der Waals surface area contributed by atoms with Gasteiger partial charge in [0.05, 0.1) is 6.42 Å². The zero-order chi connectivity index (χ0) is 15.4. The van der Waals surface area contributed by atoms with Crippen LogP contribution in [0.25, 0.3) is 0 Å². The molecule has 0 saturated carbocycles. The number of aliphatic carboxylic acids is 1. The van der Waals surface area contributed by atoms with E-state index in [9.17, 15) is 9.59 Å². The number of benzene rings is 1. The molecule has 2 aromatic rings. The van der Waals surface area contributed by atoms with E-state index in [0.717, 1.165) is 5.56 Å². The van der Waals surface area contributed by atoms with Crippen LogP contribution in [0.15, 0.2) is 40.8 Å². The lowest BCUT2D eigenvalue weighted by Crippen LogP contribution is -2.32. The standard InChI is InChI=1S/C16H17NO4/c1-11-3-6-13(7-4-11)17(10-9-15(18)19)16(20)14-8-5-12(2)21-14/h3-8H,9-10H2,1-2H3,(H,18,19). The molecule has 1 aromatic heterocycles. The van der Waals surface area contributed by atoms with Gasteiger partial charge in [-0.3, -0.25) is 9.59 Å². The number of aryl methyl sites for hydroxylation is 2. The Hall–Kier alpha value is -2.56. The van der Waals surface area contributed by atoms with E-state index in [-0.39, 0.29) is 24.6 Å². The average Bonchev–Trinajstić information content (AvgIpc) is 2.87. The summed E-state index contributed by atoms with van der Waals surface area (Å²) in [5.74, 6) is -0.442. The Bertz CT molecular complexity index is 643. The number of rotatable bonds is 5. The number of anilines is 1. The number of amides is 1. The van der Waals surface area contributed by atoms with E-state index >= 15 is 0 Å². The van der Waals surface area contributed by atoms with E-state index in [1.807, 2.05) is 19.1 Å². The summed E-state index contributed by atoms with van der Waals surface area (Å²) in [6.07, 6.45) is -0.126. The molecule has 1 heterocycles. The second-order valence-corrected chi connectivity index (χ2v) is 4.85. The highest BCUT2D eigenvalue weighted by Gasteiger charge is 2.21. The molecule has 1 amide bonds. The Labute approximate surface area is 122 Å². The van der Waals surface area contributed by atoms with E-state index in [1.165, 1.54) is 4.90 Å². The molecule has 0 spiro atoms. The van der Waals surface area contributed by atoms with Crippen LogP contribution in [0.4, 0.5) is 5.69 Å². The molecule has 0 unspecified atom stereocenters. The molecular weight excluding hydrogens is 270 g/mol. The topological polar surface area (TPSA) is 70.8 Å². The van der Waals surface area contributed by atoms with Gasteiger partial charge in [0.1, 0.15) is 5.76 Å². The number of carboxylic acids is 1. The third kappa shape index (κ3) is 3.72. The first-order chi connectivity index (χ1) is 9.97. The summed E-state index contributed by atoms with van der Waals surface area (Å²) in [6.45, 7) is 3.80. The first kappa shape index (κ1) is 14.8. The van der Waals surface area contributed by atoms with Crippen molar-refractivity contribution in [1.29, 1.82) is 0 Å². The van der Waals surface area contributed by atoms with Crippen LogP contribution < -0.4 is 4.90 Å². The zero-order valence-corrected chi connectivity index (χ0v) is 12.0. The van der Waals surface area contributed by atoms with Gasteiger partial charge in [-0.25, -0.2) is 0 Å². The normalized spacial score (nSPS) is 10.4. The molecule has 21 heavy (non-hydrogen) atoms. The Balaban J connectivity index is 2.28. The predicted octanol–water partition coefficient (Wildman–Crippen LogP) is 3.02. The lowest BCUT2D eigenvalue weighted by Gasteiger charge is -2.21. The Morgan fingerprint density at radius 3 is 2.29 bits per heavy atom. The van der Waals surface area contributed by atoms with Crippen LogP contribution in [-0.4, -0.2) is 23.5 Å². The molecule has 5 nitrogen and oxygen atoms in total. The van der Waals surface area contributed by atoms with E-state index in [0.29, 0.717) is 11.4 Å². The second kappa shape index (κ2) is 6.26. The lowest BCUT2D eigenvalue weighted by atomic mass is 10.2. The van der Waals surface area contributed by atoms with Crippen molar-refractivity contribution in [1.82, 2.24) is 0 Å². The van der Waals surface area contributed by atoms with Gasteiger partial charge < -0.3 is 14.4 Å². The summed E-state index contributed by atoms with van der Waals surface area (Å²) in [6, 6.07) is 10.7. The number of hydrogen-bond donors (Lipinski definition) is 1. The molecular formula is C16H17NO4. The molecule has 1 N–H and O–H groups in total. The highest BCUT2D eigenvalue weighted by Crippen LogP contribution is 2.19. The smallest absolute Gasteiger partial charge is 0.305 e. The number of carbonyl (C=O) groups is 2. The summed E-state index contributed by atoms with van der Waals surface area (Å²) in [5, 5.41) is 8.85. The maximum Gasteiger partial charge on any atom is 0.305 e. The fraction of sp³-hybridized carbons (Fsp3) is 0.250. The summed E-state index contributed by atoms with van der Waals surface area (Å²) in [5.41, 5.74) is 1.72. The molecule has 1 aromatic carbocycles. The first-order valence-electron chi connectivity index (χ1n) is 6.64. The molecule has 2 rings (SSSR count). The first-order valence-corrected chi connectivity index (χ1v) is 6.64. The zero-order valence-electron chi connectivity index (χ0n) is 12.0. The van der Waals surface area contributed by atoms with Gasteiger partial charge in [-0.1, -0.05) is 17.7 Å². The molecule has 0 aliphatic carbocycles. The summed E-state index contributed by atoms with van der Waals surface area (Å²) in [7, 11) is 0. The van der Waals surface area contributed by atoms with Crippen LogP contribution >= 0.6 is 0 Å². The van der Waals surface area contributed by atoms with Crippen molar-refractivity contribution in [2.45, 2.75) is 20.3 Å². The number of nitrogens with zero attached hydrogens (tertiary/aromatic N) is 1. The Morgan fingerprint density at radius 1 is 1.10 bits per heavy atom. The van der Waals surface area contributed by atoms with Crippen molar-refractivity contribution in [3.8, 4) is 0 Å². The molecule has 0 bridgehead atoms. The SMILES string of the molecule is Cc1ccc(N(CCC(=O)O)C(=O)c2ccc(C)o2)cc1. The van der Waals surface area contributed by atoms with Crippen LogP contribution in [0.2, 0.25) is 0 Å². The van der Waals surface area contributed by atoms with Crippen LogP contribution in [0.5, 0.6) is 0 Å². The third-order valence-electron chi connectivity index (χ3n) is 3.09. The number of carboxylic acid groups (broad SMARTS) is 1. The van der Waals surface area contributed by atoms with Crippen LogP contribution in [0.1, 0.15) is 28.3 Å². The fourth-order valence-corrected chi connectivity index (χ4v) is 1.96. The quantitative estimate of drug-likeness (QED) is 0.917. The Morgan fingerprint density at radius 2 is 1.76 bits per heavy atom. The summed E-state index contributed by atoms with van der Waals surface area (Å²) < 4.78 is 5.34. The minimum atomic E-state index is -0.949. The number of hydrogen-bond acceptors (Lipinski definition) is 3. The minimum absolute atomic E-state index is 0.0942. The predicted molar refractivity (Wildman–Crippen MR) is 78.6 cm³/mol. The molecule has 0 fully saturated rings. The number of carbonyl (C=O) groups excluding carboxylic acids is 1. The van der Waals surface area contributed by atoms with Crippen molar-refractivity contribution in [2.75, 3.05) is 11.4 Å². The van der Waals surface area contributed by atoms with Crippen molar-refractivity contribution in [2.24, 2.45) is 0 Å². The Kier molecular flexibility index (Phi) is 4.42. The van der Waals surface area contributed by atoms with Gasteiger partial charge in [0.15, 0.2) is 5.76 Å². The molecule has 0 aliphatic rings. The molecule has 0 radical (unpaired) electrons. The van der Waals surface area contributed by atoms with Gasteiger partial charge in [0, 0.05) is 12.2 Å². The fourth-order valence-electron chi connectivity index (χ4n) is 1.96. The van der Waals surface area contributed by atoms with Gasteiger partial charge in [0.25, 0.3) is 5.91 Å². The molecule has 0 saturated heterocycles. The molecule has 0 atom stereocenters. The number of furan rings is 1. The maximum absolute atomic E-state index is 12.5. The van der Waals surface area contributed by atoms with E-state index in [4.69, 9.17) is 9.52 Å². The second-order valence-electron chi connectivity index (χ2n) is 4.85. The van der Waals surface area contributed by atoms with E-state index in [2.05, 4.69) is 0 Å². The average molecular weight is 287 g/mol. The van der Waals surface area contributed by atoms with Gasteiger partial charge >= 0.3 is 5.97 Å². The third-order valence-corrected chi connectivity index (χ3v) is 3.09. The monoisotopic (exact) mass is 287 g/mol. The van der Waals surface area contributed by atoms with Crippen molar-refractivity contribution in [3.05, 3.63) is 53.5 Å². The molecule has 5 heteroatoms. The molecule has 110 valence electrons. The van der Waals surface area contributed by atoms with Gasteiger partial charge in [-0.05, 0) is 38.1 Å². The van der Waals surface area contributed by atoms with Crippen molar-refractivity contribution < 1.29 is 19.1 Å². The van der Waals surface area contributed by atoms with Crippen LogP contribution in [0.3, 0.4) is 0 Å². The lowest BCUT2D eigenvalue weighted by molar-refractivity contribution is -0.136. The van der Waals surface area contributed by atoms with E-state index in [1.54, 1.807) is 31.2 Å². The largest absolute Gasteiger partial charge is 0.481 e. The van der Waals surface area contributed by atoms with Gasteiger partial charge in [-0.15, -0.1) is 0 Å². The van der Waals surface area contributed by atoms with Crippen molar-refractivity contribution in [3.63, 3.8) is 0 Å². The summed E-state index contributed by atoms with van der Waals surface area (Å²) >= 11 is 0.